The zero-order valence-electron chi connectivity index (χ0n) is 7.12. The maximum atomic E-state index is 5.32. The predicted molar refractivity (Wildman–Crippen MR) is 46.3 cm³/mol. The average molecular weight is 164 g/mol. The molecule has 1 aliphatic rings. The Hall–Kier alpha value is -1.02. The molecule has 1 saturated heterocycles. The number of hydrogen-bond acceptors (Lipinski definition) is 2. The molecule has 1 aromatic rings. The molecule has 2 heteroatoms. The highest BCUT2D eigenvalue weighted by Crippen LogP contribution is 2.30. The van der Waals surface area contributed by atoms with E-state index in [-0.39, 0.29) is 0 Å². The van der Waals surface area contributed by atoms with Crippen LogP contribution in [0.1, 0.15) is 18.6 Å². The molecule has 0 aliphatic carbocycles. The molecule has 0 amide bonds. The van der Waals surface area contributed by atoms with Gasteiger partial charge in [-0.3, -0.25) is 0 Å². The average Bonchev–Trinajstić information content (AvgIpc) is 2.89. The van der Waals surface area contributed by atoms with E-state index >= 15 is 0 Å². The Bertz CT molecular complexity index is 249. The largest absolute Gasteiger partial charge is 0.494 e. The monoisotopic (exact) mass is 164 g/mol. The molecule has 1 aliphatic heterocycles. The van der Waals surface area contributed by atoms with E-state index < -0.39 is 0 Å². The van der Waals surface area contributed by atoms with E-state index in [0.29, 0.717) is 6.10 Å². The fourth-order valence-corrected chi connectivity index (χ4v) is 1.19. The van der Waals surface area contributed by atoms with Gasteiger partial charge >= 0.3 is 0 Å². The van der Waals surface area contributed by atoms with Gasteiger partial charge in [0.05, 0.1) is 13.2 Å². The van der Waals surface area contributed by atoms with E-state index in [0.717, 1.165) is 19.0 Å². The van der Waals surface area contributed by atoms with Crippen molar-refractivity contribution >= 4 is 0 Å². The molecule has 0 bridgehead atoms. The Labute approximate surface area is 72.1 Å². The molecule has 0 aromatic heterocycles. The summed E-state index contributed by atoms with van der Waals surface area (Å²) in [5, 5.41) is 0. The maximum absolute atomic E-state index is 5.32. The van der Waals surface area contributed by atoms with Gasteiger partial charge in [-0.25, -0.2) is 0 Å². The Morgan fingerprint density at radius 3 is 2.58 bits per heavy atom. The third kappa shape index (κ3) is 1.59. The zero-order chi connectivity index (χ0) is 8.39. The van der Waals surface area contributed by atoms with Gasteiger partial charge in [-0.15, -0.1) is 0 Å². The highest BCUT2D eigenvalue weighted by atomic mass is 16.6. The molecule has 0 spiro atoms. The summed E-state index contributed by atoms with van der Waals surface area (Å²) in [6, 6.07) is 8.09. The highest BCUT2D eigenvalue weighted by Gasteiger charge is 2.24. The minimum Gasteiger partial charge on any atom is -0.494 e. The number of benzene rings is 1. The summed E-state index contributed by atoms with van der Waals surface area (Å²) in [6.45, 7) is 3.57. The molecule has 1 fully saturated rings. The molecular weight excluding hydrogens is 152 g/mol. The van der Waals surface area contributed by atoms with Crippen LogP contribution in [0, 0.1) is 0 Å². The number of epoxide rings is 1. The normalized spacial score (nSPS) is 20.6. The van der Waals surface area contributed by atoms with Crippen LogP contribution in [-0.2, 0) is 4.74 Å². The van der Waals surface area contributed by atoms with Crippen LogP contribution in [0.2, 0.25) is 0 Å². The minimum absolute atomic E-state index is 0.348. The summed E-state index contributed by atoms with van der Waals surface area (Å²) in [4.78, 5) is 0. The van der Waals surface area contributed by atoms with Gasteiger partial charge in [-0.2, -0.15) is 0 Å². The van der Waals surface area contributed by atoms with Crippen molar-refractivity contribution < 1.29 is 9.47 Å². The van der Waals surface area contributed by atoms with Crippen molar-refractivity contribution in [3.8, 4) is 5.75 Å². The van der Waals surface area contributed by atoms with Crippen LogP contribution < -0.4 is 4.74 Å². The molecule has 12 heavy (non-hydrogen) atoms. The van der Waals surface area contributed by atoms with Crippen molar-refractivity contribution in [2.45, 2.75) is 13.0 Å². The Morgan fingerprint density at radius 1 is 1.42 bits per heavy atom. The molecule has 64 valence electrons. The van der Waals surface area contributed by atoms with E-state index in [9.17, 15) is 0 Å². The first-order chi connectivity index (χ1) is 5.90. The maximum Gasteiger partial charge on any atom is 0.119 e. The van der Waals surface area contributed by atoms with Crippen molar-refractivity contribution in [3.63, 3.8) is 0 Å². The SMILES string of the molecule is CCOc1ccc([C@H]2CO2)cc1. The van der Waals surface area contributed by atoms with Crippen molar-refractivity contribution in [1.82, 2.24) is 0 Å². The fourth-order valence-electron chi connectivity index (χ4n) is 1.19. The summed E-state index contributed by atoms with van der Waals surface area (Å²) in [5.41, 5.74) is 1.25. The van der Waals surface area contributed by atoms with Gasteiger partial charge in [0.2, 0.25) is 0 Å². The third-order valence-corrected chi connectivity index (χ3v) is 1.90. The minimum atomic E-state index is 0.348. The predicted octanol–water partition coefficient (Wildman–Crippen LogP) is 2.16. The van der Waals surface area contributed by atoms with Gasteiger partial charge in [0.25, 0.3) is 0 Å². The van der Waals surface area contributed by atoms with Gasteiger partial charge in [0.15, 0.2) is 0 Å². The topological polar surface area (TPSA) is 21.8 Å². The van der Waals surface area contributed by atoms with Crippen LogP contribution in [0.3, 0.4) is 0 Å². The van der Waals surface area contributed by atoms with Gasteiger partial charge in [-0.05, 0) is 24.6 Å². The first-order valence-corrected chi connectivity index (χ1v) is 4.24. The van der Waals surface area contributed by atoms with E-state index in [2.05, 4.69) is 12.1 Å². The third-order valence-electron chi connectivity index (χ3n) is 1.90. The van der Waals surface area contributed by atoms with Crippen LogP contribution in [0.5, 0.6) is 5.75 Å². The molecule has 0 radical (unpaired) electrons. The lowest BCUT2D eigenvalue weighted by atomic mass is 10.2. The fraction of sp³-hybridized carbons (Fsp3) is 0.400. The summed E-state index contributed by atoms with van der Waals surface area (Å²) >= 11 is 0. The Kier molecular flexibility index (Phi) is 2.00. The second-order valence-corrected chi connectivity index (χ2v) is 2.82. The smallest absolute Gasteiger partial charge is 0.119 e. The van der Waals surface area contributed by atoms with Crippen molar-refractivity contribution in [1.29, 1.82) is 0 Å². The summed E-state index contributed by atoms with van der Waals surface area (Å²) in [5.74, 6) is 0.932. The number of rotatable bonds is 3. The van der Waals surface area contributed by atoms with Crippen molar-refractivity contribution in [3.05, 3.63) is 29.8 Å². The van der Waals surface area contributed by atoms with Gasteiger partial charge < -0.3 is 9.47 Å². The summed E-state index contributed by atoms with van der Waals surface area (Å²) < 4.78 is 10.5. The standard InChI is InChI=1S/C10H12O2/c1-2-11-9-5-3-8(4-6-9)10-7-12-10/h3-6,10H,2,7H2,1H3/t10-/m1/s1. The molecule has 2 nitrogen and oxygen atoms in total. The van der Waals surface area contributed by atoms with Crippen LogP contribution >= 0.6 is 0 Å². The van der Waals surface area contributed by atoms with Gasteiger partial charge in [-0.1, -0.05) is 12.1 Å². The molecular formula is C10H12O2. The zero-order valence-corrected chi connectivity index (χ0v) is 7.12. The van der Waals surface area contributed by atoms with Crippen LogP contribution in [0.25, 0.3) is 0 Å². The second-order valence-electron chi connectivity index (χ2n) is 2.82. The van der Waals surface area contributed by atoms with E-state index in [1.54, 1.807) is 0 Å². The molecule has 0 saturated carbocycles. The molecule has 0 unspecified atom stereocenters. The van der Waals surface area contributed by atoms with Crippen molar-refractivity contribution in [2.75, 3.05) is 13.2 Å². The molecule has 1 aromatic carbocycles. The van der Waals surface area contributed by atoms with E-state index in [4.69, 9.17) is 9.47 Å². The quantitative estimate of drug-likeness (QED) is 0.638. The van der Waals surface area contributed by atoms with Gasteiger partial charge in [0, 0.05) is 0 Å². The molecule has 2 rings (SSSR count). The second kappa shape index (κ2) is 3.15. The lowest BCUT2D eigenvalue weighted by Gasteiger charge is -2.02. The lowest BCUT2D eigenvalue weighted by Crippen LogP contribution is -1.91. The lowest BCUT2D eigenvalue weighted by molar-refractivity contribution is 0.340. The summed E-state index contributed by atoms with van der Waals surface area (Å²) in [6.07, 6.45) is 0.348. The molecule has 1 heterocycles. The Morgan fingerprint density at radius 2 is 2.08 bits per heavy atom. The van der Waals surface area contributed by atoms with Crippen LogP contribution in [0.15, 0.2) is 24.3 Å². The van der Waals surface area contributed by atoms with E-state index in [1.165, 1.54) is 5.56 Å². The summed E-state index contributed by atoms with van der Waals surface area (Å²) in [7, 11) is 0. The number of hydrogen-bond donors (Lipinski definition) is 0. The van der Waals surface area contributed by atoms with Gasteiger partial charge in [0.1, 0.15) is 11.9 Å². The number of ether oxygens (including phenoxy) is 2. The van der Waals surface area contributed by atoms with E-state index in [1.807, 2.05) is 19.1 Å². The van der Waals surface area contributed by atoms with Crippen LogP contribution in [-0.4, -0.2) is 13.2 Å². The molecule has 1 atom stereocenters. The highest BCUT2D eigenvalue weighted by molar-refractivity contribution is 5.29. The van der Waals surface area contributed by atoms with Crippen LogP contribution in [0.4, 0.5) is 0 Å². The Balaban J connectivity index is 2.08. The molecule has 0 N–H and O–H groups in total. The first kappa shape index (κ1) is 7.62. The first-order valence-electron chi connectivity index (χ1n) is 4.24. The van der Waals surface area contributed by atoms with Crippen molar-refractivity contribution in [2.24, 2.45) is 0 Å².